The number of hydrogen-bond donors (Lipinski definition) is 2. The lowest BCUT2D eigenvalue weighted by atomic mass is 10.3. The first-order chi connectivity index (χ1) is 11.6. The van der Waals surface area contributed by atoms with Crippen LogP contribution in [0.3, 0.4) is 0 Å². The third-order valence-electron chi connectivity index (χ3n) is 3.31. The second-order valence-corrected chi connectivity index (χ2v) is 6.16. The van der Waals surface area contributed by atoms with E-state index in [9.17, 15) is 14.7 Å². The van der Waals surface area contributed by atoms with Gasteiger partial charge >= 0.3 is 0 Å². The van der Waals surface area contributed by atoms with Gasteiger partial charge in [0.05, 0.1) is 19.9 Å². The van der Waals surface area contributed by atoms with Crippen molar-refractivity contribution in [3.63, 3.8) is 0 Å². The number of methoxy groups -OCH3 is 1. The highest BCUT2D eigenvalue weighted by atomic mass is 32.2. The molecular formula is C17H20N2O4S. The molecule has 0 atom stereocenters. The molecule has 128 valence electrons. The number of aliphatic hydroxyl groups is 1. The molecule has 1 aromatic carbocycles. The van der Waals surface area contributed by atoms with E-state index >= 15 is 0 Å². The summed E-state index contributed by atoms with van der Waals surface area (Å²) >= 11 is 1.66. The van der Waals surface area contributed by atoms with Gasteiger partial charge in [-0.25, -0.2) is 0 Å². The van der Waals surface area contributed by atoms with Crippen LogP contribution in [0.15, 0.2) is 52.3 Å². The summed E-state index contributed by atoms with van der Waals surface area (Å²) in [5.74, 6) is 0.708. The largest absolute Gasteiger partial charge is 0.491 e. The number of nitrogens with zero attached hydrogens (tertiary/aromatic N) is 1. The zero-order valence-corrected chi connectivity index (χ0v) is 14.2. The van der Waals surface area contributed by atoms with Crippen LogP contribution in [0.1, 0.15) is 5.69 Å². The van der Waals surface area contributed by atoms with Gasteiger partial charge in [-0.15, -0.1) is 11.8 Å². The predicted molar refractivity (Wildman–Crippen MR) is 93.4 cm³/mol. The van der Waals surface area contributed by atoms with Gasteiger partial charge in [-0.05, 0) is 12.1 Å². The molecule has 7 heteroatoms. The van der Waals surface area contributed by atoms with Crippen molar-refractivity contribution in [2.24, 2.45) is 0 Å². The Hall–Kier alpha value is -2.25. The normalized spacial score (nSPS) is 10.4. The van der Waals surface area contributed by atoms with Crippen LogP contribution in [-0.4, -0.2) is 35.0 Å². The Morgan fingerprint density at radius 2 is 2.08 bits per heavy atom. The van der Waals surface area contributed by atoms with Crippen molar-refractivity contribution in [1.82, 2.24) is 9.88 Å². The molecule has 0 aliphatic heterocycles. The molecule has 0 fully saturated rings. The van der Waals surface area contributed by atoms with Gasteiger partial charge < -0.3 is 19.7 Å². The number of thioether (sulfide) groups is 1. The van der Waals surface area contributed by atoms with Crippen LogP contribution in [-0.2, 0) is 17.9 Å². The van der Waals surface area contributed by atoms with Crippen LogP contribution in [0, 0.1) is 0 Å². The molecule has 1 aromatic heterocycles. The molecule has 2 rings (SSSR count). The lowest BCUT2D eigenvalue weighted by molar-refractivity contribution is -0.121. The lowest BCUT2D eigenvalue weighted by Gasteiger charge is -2.13. The monoisotopic (exact) mass is 348 g/mol. The van der Waals surface area contributed by atoms with E-state index in [1.807, 2.05) is 30.3 Å². The summed E-state index contributed by atoms with van der Waals surface area (Å²) in [6.07, 6.45) is 1.44. The van der Waals surface area contributed by atoms with Gasteiger partial charge in [0.2, 0.25) is 11.3 Å². The van der Waals surface area contributed by atoms with E-state index < -0.39 is 0 Å². The number of pyridine rings is 1. The van der Waals surface area contributed by atoms with Gasteiger partial charge in [0.1, 0.15) is 6.54 Å². The van der Waals surface area contributed by atoms with Crippen LogP contribution in [0.25, 0.3) is 0 Å². The molecule has 0 radical (unpaired) electrons. The summed E-state index contributed by atoms with van der Waals surface area (Å²) in [5.41, 5.74) is 0.0482. The van der Waals surface area contributed by atoms with Crippen molar-refractivity contribution in [2.45, 2.75) is 18.0 Å². The molecule has 24 heavy (non-hydrogen) atoms. The molecule has 0 saturated heterocycles. The number of hydrogen-bond acceptors (Lipinski definition) is 5. The number of ether oxygens (including phenoxy) is 1. The van der Waals surface area contributed by atoms with Crippen molar-refractivity contribution >= 4 is 17.7 Å². The number of rotatable bonds is 8. The number of benzene rings is 1. The molecule has 2 aromatic rings. The molecule has 0 aliphatic carbocycles. The van der Waals surface area contributed by atoms with E-state index in [0.29, 0.717) is 12.2 Å². The molecule has 0 spiro atoms. The Kier molecular flexibility index (Phi) is 6.89. The molecule has 0 unspecified atom stereocenters. The molecule has 1 amide bonds. The van der Waals surface area contributed by atoms with E-state index in [1.54, 1.807) is 11.8 Å². The quantitative estimate of drug-likeness (QED) is 0.554. The van der Waals surface area contributed by atoms with Crippen LogP contribution < -0.4 is 15.5 Å². The van der Waals surface area contributed by atoms with Crippen LogP contribution >= 0.6 is 11.8 Å². The van der Waals surface area contributed by atoms with Gasteiger partial charge in [-0.3, -0.25) is 9.59 Å². The molecule has 0 bridgehead atoms. The van der Waals surface area contributed by atoms with Crippen molar-refractivity contribution in [3.8, 4) is 5.75 Å². The minimum absolute atomic E-state index is 0.0164. The SMILES string of the molecule is COc1cn(CC(=O)NCCSc2ccccc2)c(CO)cc1=O. The van der Waals surface area contributed by atoms with Gasteiger partial charge in [-0.1, -0.05) is 18.2 Å². The number of aromatic nitrogens is 1. The number of amides is 1. The highest BCUT2D eigenvalue weighted by molar-refractivity contribution is 7.99. The molecule has 1 heterocycles. The Balaban J connectivity index is 1.87. The summed E-state index contributed by atoms with van der Waals surface area (Å²) < 4.78 is 6.48. The standard InChI is InChI=1S/C17H20N2O4S/c1-23-16-10-19(13(12-20)9-15(16)21)11-17(22)18-7-8-24-14-5-3-2-4-6-14/h2-6,9-10,20H,7-8,11-12H2,1H3,(H,18,22). The summed E-state index contributed by atoms with van der Waals surface area (Å²) in [7, 11) is 1.39. The van der Waals surface area contributed by atoms with E-state index in [-0.39, 0.29) is 30.2 Å². The third-order valence-corrected chi connectivity index (χ3v) is 4.33. The third kappa shape index (κ3) is 5.14. The predicted octanol–water partition coefficient (Wildman–Crippen LogP) is 1.26. The topological polar surface area (TPSA) is 80.6 Å². The minimum atomic E-state index is -0.323. The Bertz CT molecular complexity index is 731. The Morgan fingerprint density at radius 1 is 1.33 bits per heavy atom. The summed E-state index contributed by atoms with van der Waals surface area (Å²) in [6.45, 7) is 0.225. The van der Waals surface area contributed by atoms with Crippen LogP contribution in [0.4, 0.5) is 0 Å². The fourth-order valence-corrected chi connectivity index (χ4v) is 2.91. The van der Waals surface area contributed by atoms with Gasteiger partial charge in [0.25, 0.3) is 0 Å². The van der Waals surface area contributed by atoms with Crippen LogP contribution in [0.5, 0.6) is 5.75 Å². The smallest absolute Gasteiger partial charge is 0.239 e. The van der Waals surface area contributed by atoms with Crippen LogP contribution in [0.2, 0.25) is 0 Å². The van der Waals surface area contributed by atoms with Gasteiger partial charge in [0.15, 0.2) is 5.75 Å². The molecule has 2 N–H and O–H groups in total. The van der Waals surface area contributed by atoms with E-state index in [1.165, 1.54) is 23.9 Å². The summed E-state index contributed by atoms with van der Waals surface area (Å²) in [6, 6.07) is 11.2. The minimum Gasteiger partial charge on any atom is -0.491 e. The zero-order valence-electron chi connectivity index (χ0n) is 13.4. The number of aliphatic hydroxyl groups excluding tert-OH is 1. The Morgan fingerprint density at radius 3 is 2.75 bits per heavy atom. The average Bonchev–Trinajstić information content (AvgIpc) is 2.60. The fraction of sp³-hybridized carbons (Fsp3) is 0.294. The zero-order chi connectivity index (χ0) is 17.4. The summed E-state index contributed by atoms with van der Waals surface area (Å²) in [5, 5.41) is 12.1. The molecule has 6 nitrogen and oxygen atoms in total. The van der Waals surface area contributed by atoms with Crippen molar-refractivity contribution in [2.75, 3.05) is 19.4 Å². The molecular weight excluding hydrogens is 328 g/mol. The maximum absolute atomic E-state index is 12.0. The first kappa shape index (κ1) is 18.1. The van der Waals surface area contributed by atoms with E-state index in [2.05, 4.69) is 5.32 Å². The summed E-state index contributed by atoms with van der Waals surface area (Å²) in [4.78, 5) is 24.8. The number of carbonyl (C=O) groups excluding carboxylic acids is 1. The van der Waals surface area contributed by atoms with E-state index in [0.717, 1.165) is 10.6 Å². The second-order valence-electron chi connectivity index (χ2n) is 4.99. The van der Waals surface area contributed by atoms with Gasteiger partial charge in [-0.2, -0.15) is 0 Å². The first-order valence-electron chi connectivity index (χ1n) is 7.47. The maximum atomic E-state index is 12.0. The van der Waals surface area contributed by atoms with Crippen molar-refractivity contribution < 1.29 is 14.6 Å². The van der Waals surface area contributed by atoms with Crippen molar-refractivity contribution in [3.05, 3.63) is 58.5 Å². The molecule has 0 aliphatic rings. The number of nitrogens with one attached hydrogen (secondary N) is 1. The number of carbonyl (C=O) groups is 1. The lowest BCUT2D eigenvalue weighted by Crippen LogP contribution is -2.30. The maximum Gasteiger partial charge on any atom is 0.239 e. The second kappa shape index (κ2) is 9.14. The average molecular weight is 348 g/mol. The first-order valence-corrected chi connectivity index (χ1v) is 8.45. The highest BCUT2D eigenvalue weighted by Crippen LogP contribution is 2.15. The highest BCUT2D eigenvalue weighted by Gasteiger charge is 2.09. The van der Waals surface area contributed by atoms with E-state index in [4.69, 9.17) is 4.74 Å². The Labute approximate surface area is 144 Å². The van der Waals surface area contributed by atoms with Gasteiger partial charge in [0, 0.05) is 29.0 Å². The fourth-order valence-electron chi connectivity index (χ4n) is 2.12. The molecule has 0 saturated carbocycles. The van der Waals surface area contributed by atoms with Crippen molar-refractivity contribution in [1.29, 1.82) is 0 Å².